The van der Waals surface area contributed by atoms with Crippen LogP contribution in [0.1, 0.15) is 31.4 Å². The summed E-state index contributed by atoms with van der Waals surface area (Å²) < 4.78 is 7.72. The number of aryl methyl sites for hydroxylation is 1. The van der Waals surface area contributed by atoms with Crippen LogP contribution in [0.4, 0.5) is 11.8 Å². The van der Waals surface area contributed by atoms with Gasteiger partial charge in [-0.1, -0.05) is 6.92 Å². The van der Waals surface area contributed by atoms with Crippen molar-refractivity contribution in [3.63, 3.8) is 0 Å². The molecule has 1 N–H and O–H groups in total. The number of nitrogens with zero attached hydrogens (tertiary/aromatic N) is 6. The maximum absolute atomic E-state index is 5.52. The minimum absolute atomic E-state index is 0.332. The molecule has 0 saturated carbocycles. The lowest BCUT2D eigenvalue weighted by molar-refractivity contribution is 0.0875. The van der Waals surface area contributed by atoms with Crippen LogP contribution in [0.15, 0.2) is 12.3 Å². The molecule has 0 spiro atoms. The molecule has 2 aliphatic heterocycles. The van der Waals surface area contributed by atoms with Crippen LogP contribution in [0.3, 0.4) is 0 Å². The summed E-state index contributed by atoms with van der Waals surface area (Å²) in [4.78, 5) is 11.3. The Kier molecular flexibility index (Phi) is 4.29. The molecule has 2 aromatic rings. The number of hydrogen-bond donors (Lipinski definition) is 1. The minimum Gasteiger partial charge on any atom is -0.379 e. The van der Waals surface area contributed by atoms with E-state index >= 15 is 0 Å². The van der Waals surface area contributed by atoms with E-state index in [1.807, 2.05) is 12.3 Å². The van der Waals surface area contributed by atoms with E-state index in [0.29, 0.717) is 12.6 Å². The third-order valence-corrected chi connectivity index (χ3v) is 4.58. The molecule has 24 heavy (non-hydrogen) atoms. The van der Waals surface area contributed by atoms with Crippen LogP contribution < -0.4 is 10.2 Å². The van der Waals surface area contributed by atoms with Gasteiger partial charge in [-0.05, 0) is 18.9 Å². The summed E-state index contributed by atoms with van der Waals surface area (Å²) >= 11 is 0. The molecule has 0 amide bonds. The fraction of sp³-hybridized carbons (Fsp3) is 0.625. The monoisotopic (exact) mass is 329 g/mol. The van der Waals surface area contributed by atoms with Crippen molar-refractivity contribution in [3.05, 3.63) is 23.9 Å². The van der Waals surface area contributed by atoms with Crippen molar-refractivity contribution in [3.8, 4) is 0 Å². The molecule has 1 atom stereocenters. The van der Waals surface area contributed by atoms with E-state index < -0.39 is 0 Å². The van der Waals surface area contributed by atoms with Crippen molar-refractivity contribution in [1.29, 1.82) is 0 Å². The predicted octanol–water partition coefficient (Wildman–Crippen LogP) is 1.24. The van der Waals surface area contributed by atoms with Crippen LogP contribution in [-0.2, 0) is 24.2 Å². The van der Waals surface area contributed by atoms with Crippen LogP contribution in [0, 0.1) is 0 Å². The molecule has 0 bridgehead atoms. The van der Waals surface area contributed by atoms with Gasteiger partial charge >= 0.3 is 0 Å². The molecule has 0 radical (unpaired) electrons. The largest absolute Gasteiger partial charge is 0.379 e. The molecule has 0 aromatic carbocycles. The number of hydrogen-bond acceptors (Lipinski definition) is 7. The van der Waals surface area contributed by atoms with Crippen LogP contribution in [-0.4, -0.2) is 50.5 Å². The smallest absolute Gasteiger partial charge is 0.227 e. The van der Waals surface area contributed by atoms with Crippen LogP contribution in [0.5, 0.6) is 0 Å². The van der Waals surface area contributed by atoms with E-state index in [0.717, 1.165) is 69.0 Å². The molecule has 4 heterocycles. The summed E-state index contributed by atoms with van der Waals surface area (Å²) in [6.07, 6.45) is 4.93. The molecule has 4 rings (SSSR count). The maximum atomic E-state index is 5.52. The first-order valence-electron chi connectivity index (χ1n) is 8.66. The SMILES string of the molecule is CCc1nnc2n1CCN(c1nccc(NC3CCCOC3)n1)C2. The van der Waals surface area contributed by atoms with Gasteiger partial charge in [0, 0.05) is 32.3 Å². The Hall–Kier alpha value is -2.22. The molecule has 0 aliphatic carbocycles. The first-order chi connectivity index (χ1) is 11.8. The summed E-state index contributed by atoms with van der Waals surface area (Å²) in [5.41, 5.74) is 0. The second-order valence-electron chi connectivity index (χ2n) is 6.26. The average molecular weight is 329 g/mol. The van der Waals surface area contributed by atoms with Gasteiger partial charge in [-0.15, -0.1) is 10.2 Å². The first-order valence-corrected chi connectivity index (χ1v) is 8.66. The molecule has 1 saturated heterocycles. The molecule has 128 valence electrons. The molecule has 2 aromatic heterocycles. The van der Waals surface area contributed by atoms with Crippen molar-refractivity contribution in [2.45, 2.75) is 45.3 Å². The number of anilines is 2. The third-order valence-electron chi connectivity index (χ3n) is 4.58. The molecule has 2 aliphatic rings. The fourth-order valence-electron chi connectivity index (χ4n) is 3.30. The lowest BCUT2D eigenvalue weighted by atomic mass is 10.1. The Labute approximate surface area is 141 Å². The summed E-state index contributed by atoms with van der Waals surface area (Å²) in [5.74, 6) is 3.64. The molecule has 1 fully saturated rings. The molecular weight excluding hydrogens is 306 g/mol. The van der Waals surface area contributed by atoms with Crippen molar-refractivity contribution in [1.82, 2.24) is 24.7 Å². The van der Waals surface area contributed by atoms with Crippen LogP contribution >= 0.6 is 0 Å². The first kappa shape index (κ1) is 15.3. The van der Waals surface area contributed by atoms with Crippen molar-refractivity contribution < 1.29 is 4.74 Å². The summed E-state index contributed by atoms with van der Waals surface area (Å²) in [7, 11) is 0. The molecule has 8 heteroatoms. The van der Waals surface area contributed by atoms with Crippen molar-refractivity contribution in [2.75, 3.05) is 30.0 Å². The van der Waals surface area contributed by atoms with Gasteiger partial charge in [-0.25, -0.2) is 4.98 Å². The lowest BCUT2D eigenvalue weighted by Gasteiger charge is -2.28. The van der Waals surface area contributed by atoms with E-state index in [4.69, 9.17) is 4.74 Å². The number of fused-ring (bicyclic) bond motifs is 1. The van der Waals surface area contributed by atoms with Gasteiger partial charge in [0.15, 0.2) is 5.82 Å². The predicted molar refractivity (Wildman–Crippen MR) is 89.9 cm³/mol. The zero-order valence-electron chi connectivity index (χ0n) is 14.0. The highest BCUT2D eigenvalue weighted by molar-refractivity contribution is 5.42. The normalized spacial score (nSPS) is 20.7. The van der Waals surface area contributed by atoms with Crippen LogP contribution in [0.25, 0.3) is 0 Å². The zero-order chi connectivity index (χ0) is 16.4. The molecule has 1 unspecified atom stereocenters. The number of aromatic nitrogens is 5. The highest BCUT2D eigenvalue weighted by Crippen LogP contribution is 2.19. The third kappa shape index (κ3) is 3.06. The minimum atomic E-state index is 0.332. The van der Waals surface area contributed by atoms with E-state index in [1.54, 1.807) is 0 Å². The van der Waals surface area contributed by atoms with Gasteiger partial charge in [-0.3, -0.25) is 0 Å². The zero-order valence-corrected chi connectivity index (χ0v) is 14.0. The van der Waals surface area contributed by atoms with Gasteiger partial charge in [-0.2, -0.15) is 4.98 Å². The van der Waals surface area contributed by atoms with E-state index in [9.17, 15) is 0 Å². The quantitative estimate of drug-likeness (QED) is 0.904. The Balaban J connectivity index is 1.47. The highest BCUT2D eigenvalue weighted by atomic mass is 16.5. The second-order valence-corrected chi connectivity index (χ2v) is 6.26. The van der Waals surface area contributed by atoms with E-state index in [1.165, 1.54) is 0 Å². The Bertz CT molecular complexity index is 695. The van der Waals surface area contributed by atoms with Gasteiger partial charge in [0.2, 0.25) is 5.95 Å². The standard InChI is InChI=1S/C16H23N7O/c1-2-14-20-21-15-10-22(7-8-23(14)15)16-17-6-5-13(19-16)18-12-4-3-9-24-11-12/h5-6,12H,2-4,7-11H2,1H3,(H,17,18,19). The molecule has 8 nitrogen and oxygen atoms in total. The number of rotatable bonds is 4. The Morgan fingerprint density at radius 2 is 2.29 bits per heavy atom. The maximum Gasteiger partial charge on any atom is 0.227 e. The summed E-state index contributed by atoms with van der Waals surface area (Å²) in [6.45, 7) is 6.16. The van der Waals surface area contributed by atoms with E-state index in [-0.39, 0.29) is 0 Å². The molecular formula is C16H23N7O. The lowest BCUT2D eigenvalue weighted by Crippen LogP contribution is -2.36. The Morgan fingerprint density at radius 1 is 1.33 bits per heavy atom. The van der Waals surface area contributed by atoms with Crippen molar-refractivity contribution >= 4 is 11.8 Å². The summed E-state index contributed by atoms with van der Waals surface area (Å²) in [6, 6.07) is 2.25. The van der Waals surface area contributed by atoms with Gasteiger partial charge in [0.25, 0.3) is 0 Å². The Morgan fingerprint density at radius 3 is 3.12 bits per heavy atom. The van der Waals surface area contributed by atoms with E-state index in [2.05, 4.69) is 41.9 Å². The topological polar surface area (TPSA) is 81.0 Å². The summed E-state index contributed by atoms with van der Waals surface area (Å²) in [5, 5.41) is 12.0. The second kappa shape index (κ2) is 6.72. The van der Waals surface area contributed by atoms with Gasteiger partial charge < -0.3 is 19.5 Å². The number of nitrogens with one attached hydrogen (secondary N) is 1. The fourth-order valence-corrected chi connectivity index (χ4v) is 3.30. The van der Waals surface area contributed by atoms with Crippen molar-refractivity contribution in [2.24, 2.45) is 0 Å². The van der Waals surface area contributed by atoms with Gasteiger partial charge in [0.05, 0.1) is 19.2 Å². The average Bonchev–Trinajstić information content (AvgIpc) is 3.05. The highest BCUT2D eigenvalue weighted by Gasteiger charge is 2.22. The number of ether oxygens (including phenoxy) is 1. The van der Waals surface area contributed by atoms with Gasteiger partial charge in [0.1, 0.15) is 11.6 Å². The van der Waals surface area contributed by atoms with Crippen LogP contribution in [0.2, 0.25) is 0 Å².